The highest BCUT2D eigenvalue weighted by Crippen LogP contribution is 2.46. The van der Waals surface area contributed by atoms with E-state index in [2.05, 4.69) is 29.2 Å². The van der Waals surface area contributed by atoms with Crippen molar-refractivity contribution < 1.29 is 19.0 Å². The van der Waals surface area contributed by atoms with Crippen molar-refractivity contribution >= 4 is 11.7 Å². The second-order valence-corrected chi connectivity index (χ2v) is 9.20. The van der Waals surface area contributed by atoms with Gasteiger partial charge in [0, 0.05) is 17.7 Å². The quantitative estimate of drug-likeness (QED) is 0.593. The Morgan fingerprint density at radius 2 is 2.03 bits per heavy atom. The van der Waals surface area contributed by atoms with Crippen LogP contribution in [0.25, 0.3) is 11.4 Å². The molecule has 1 aromatic heterocycles. The zero-order valence-electron chi connectivity index (χ0n) is 18.7. The fraction of sp³-hybridized carbons (Fsp3) is 0.320. The summed E-state index contributed by atoms with van der Waals surface area (Å²) >= 11 is 0. The molecule has 33 heavy (non-hydrogen) atoms. The van der Waals surface area contributed by atoms with E-state index in [9.17, 15) is 14.3 Å². The predicted octanol–water partition coefficient (Wildman–Crippen LogP) is 4.85. The summed E-state index contributed by atoms with van der Waals surface area (Å²) in [7, 11) is 0. The lowest BCUT2D eigenvalue weighted by Crippen LogP contribution is -2.36. The van der Waals surface area contributed by atoms with Crippen molar-refractivity contribution in [3.8, 4) is 22.9 Å². The lowest BCUT2D eigenvalue weighted by Gasteiger charge is -2.38. The summed E-state index contributed by atoms with van der Waals surface area (Å²) in [5.74, 6) is 0.624. The zero-order valence-corrected chi connectivity index (χ0v) is 18.7. The number of allylic oxidation sites excluding steroid dienone is 2. The molecule has 2 heterocycles. The summed E-state index contributed by atoms with van der Waals surface area (Å²) in [6.45, 7) is 6.34. The highest BCUT2D eigenvalue weighted by molar-refractivity contribution is 6.00. The van der Waals surface area contributed by atoms with Crippen LogP contribution in [0.3, 0.4) is 0 Å². The first-order valence-corrected chi connectivity index (χ1v) is 11.0. The van der Waals surface area contributed by atoms with Crippen molar-refractivity contribution in [3.05, 3.63) is 65.1 Å². The number of rotatable bonds is 4. The first kappa shape index (κ1) is 21.2. The number of nitrogens with one attached hydrogen (secondary N) is 1. The summed E-state index contributed by atoms with van der Waals surface area (Å²) in [4.78, 5) is 17.9. The van der Waals surface area contributed by atoms with Gasteiger partial charge in [-0.1, -0.05) is 32.0 Å². The van der Waals surface area contributed by atoms with Gasteiger partial charge >= 0.3 is 0 Å². The second kappa shape index (κ2) is 7.72. The number of ketones is 1. The molecule has 3 aromatic rings. The summed E-state index contributed by atoms with van der Waals surface area (Å²) in [6.07, 6.45) is 1.08. The van der Waals surface area contributed by atoms with Crippen molar-refractivity contribution in [1.82, 2.24) is 14.8 Å². The molecule has 2 N–H and O–H groups in total. The molecule has 0 radical (unpaired) electrons. The predicted molar refractivity (Wildman–Crippen MR) is 122 cm³/mol. The van der Waals surface area contributed by atoms with Crippen LogP contribution in [0.1, 0.15) is 45.2 Å². The molecule has 0 fully saturated rings. The number of nitrogens with zero attached hydrogens (tertiary/aromatic N) is 3. The lowest BCUT2D eigenvalue weighted by molar-refractivity contribution is -0.118. The normalized spacial score (nSPS) is 19.0. The first-order valence-electron chi connectivity index (χ1n) is 11.0. The third-order valence-electron chi connectivity index (χ3n) is 6.05. The molecule has 2 aromatic carbocycles. The van der Waals surface area contributed by atoms with Gasteiger partial charge in [-0.05, 0) is 48.6 Å². The fourth-order valence-electron chi connectivity index (χ4n) is 4.65. The summed E-state index contributed by atoms with van der Waals surface area (Å²) in [5.41, 5.74) is 2.22. The number of anilines is 1. The Labute approximate surface area is 190 Å². The molecule has 1 aliphatic carbocycles. The number of hydrogen-bond donors (Lipinski definition) is 2. The van der Waals surface area contributed by atoms with Gasteiger partial charge in [0.05, 0.1) is 12.2 Å². The van der Waals surface area contributed by atoms with Crippen molar-refractivity contribution in [2.75, 3.05) is 11.9 Å². The van der Waals surface area contributed by atoms with Crippen LogP contribution in [-0.2, 0) is 4.79 Å². The number of benzene rings is 2. The van der Waals surface area contributed by atoms with Crippen LogP contribution in [0.2, 0.25) is 0 Å². The molecule has 0 bridgehead atoms. The van der Waals surface area contributed by atoms with Crippen LogP contribution >= 0.6 is 0 Å². The van der Waals surface area contributed by atoms with Gasteiger partial charge in [0.15, 0.2) is 23.1 Å². The van der Waals surface area contributed by atoms with Crippen LogP contribution in [-0.4, -0.2) is 32.3 Å². The van der Waals surface area contributed by atoms with Crippen LogP contribution < -0.4 is 10.1 Å². The molecule has 8 heteroatoms. The number of phenolic OH excluding ortho intramolecular Hbond substituents is 1. The largest absolute Gasteiger partial charge is 0.504 e. The van der Waals surface area contributed by atoms with E-state index in [0.717, 1.165) is 11.3 Å². The molecular weight excluding hydrogens is 423 g/mol. The van der Waals surface area contributed by atoms with Gasteiger partial charge < -0.3 is 15.2 Å². The minimum atomic E-state index is -0.576. The van der Waals surface area contributed by atoms with Crippen LogP contribution in [0.4, 0.5) is 10.3 Å². The maximum absolute atomic E-state index is 14.5. The number of ether oxygens (including phenoxy) is 1. The molecule has 5 rings (SSSR count). The van der Waals surface area contributed by atoms with Gasteiger partial charge in [-0.15, -0.1) is 5.10 Å². The highest BCUT2D eigenvalue weighted by Gasteiger charge is 2.42. The monoisotopic (exact) mass is 448 g/mol. The molecule has 0 amide bonds. The van der Waals surface area contributed by atoms with Gasteiger partial charge in [-0.25, -0.2) is 9.07 Å². The molecule has 1 aliphatic heterocycles. The number of phenols is 1. The Morgan fingerprint density at radius 3 is 2.79 bits per heavy atom. The molecule has 0 saturated heterocycles. The maximum atomic E-state index is 14.5. The Morgan fingerprint density at radius 1 is 1.24 bits per heavy atom. The number of carbonyl (C=O) groups is 1. The third-order valence-corrected chi connectivity index (χ3v) is 6.05. The standard InChI is InChI=1S/C25H25FN4O3/c1-4-33-20-11-14(9-10-18(20)31)22-21-17(12-25(2,3)13-19(21)32)27-24-28-23(29-30(22)24)15-7-5-6-8-16(15)26/h5-11,22,31H,4,12-13H2,1-3H3,(H,27,28,29). The van der Waals surface area contributed by atoms with Gasteiger partial charge in [-0.2, -0.15) is 4.98 Å². The van der Waals surface area contributed by atoms with E-state index in [0.29, 0.717) is 36.7 Å². The number of hydrogen-bond acceptors (Lipinski definition) is 6. The van der Waals surface area contributed by atoms with Crippen LogP contribution in [0.5, 0.6) is 11.5 Å². The number of carbonyl (C=O) groups excluding carboxylic acids is 1. The first-order chi connectivity index (χ1) is 15.8. The number of aromatic nitrogens is 3. The van der Waals surface area contributed by atoms with Crippen LogP contribution in [0.15, 0.2) is 53.7 Å². The van der Waals surface area contributed by atoms with Crippen LogP contribution in [0, 0.1) is 11.2 Å². The van der Waals surface area contributed by atoms with Crippen molar-refractivity contribution in [3.63, 3.8) is 0 Å². The van der Waals surface area contributed by atoms with Gasteiger partial charge in [-0.3, -0.25) is 4.79 Å². The van der Waals surface area contributed by atoms with Crippen molar-refractivity contribution in [2.24, 2.45) is 5.41 Å². The van der Waals surface area contributed by atoms with Crippen molar-refractivity contribution in [2.45, 2.75) is 39.7 Å². The maximum Gasteiger partial charge on any atom is 0.226 e. The average Bonchev–Trinajstić information content (AvgIpc) is 3.17. The minimum Gasteiger partial charge on any atom is -0.504 e. The number of fused-ring (bicyclic) bond motifs is 1. The number of halogens is 1. The topological polar surface area (TPSA) is 89.3 Å². The smallest absolute Gasteiger partial charge is 0.226 e. The Hall–Kier alpha value is -3.68. The van der Waals surface area contributed by atoms with E-state index in [4.69, 9.17) is 4.74 Å². The summed E-state index contributed by atoms with van der Waals surface area (Å²) in [5, 5.41) is 18.1. The molecule has 1 unspecified atom stereocenters. The van der Waals surface area contributed by atoms with Crippen molar-refractivity contribution in [1.29, 1.82) is 0 Å². The zero-order chi connectivity index (χ0) is 23.3. The van der Waals surface area contributed by atoms with E-state index in [1.807, 2.05) is 6.92 Å². The van der Waals surface area contributed by atoms with E-state index in [1.54, 1.807) is 41.1 Å². The molecule has 0 saturated carbocycles. The fourth-order valence-corrected chi connectivity index (χ4v) is 4.65. The molecule has 170 valence electrons. The average molecular weight is 448 g/mol. The summed E-state index contributed by atoms with van der Waals surface area (Å²) < 4.78 is 21.7. The highest BCUT2D eigenvalue weighted by atomic mass is 19.1. The van der Waals surface area contributed by atoms with E-state index in [-0.39, 0.29) is 28.3 Å². The van der Waals surface area contributed by atoms with Gasteiger partial charge in [0.1, 0.15) is 11.9 Å². The molecule has 0 spiro atoms. The lowest BCUT2D eigenvalue weighted by atomic mass is 9.73. The van der Waals surface area contributed by atoms with E-state index >= 15 is 0 Å². The third kappa shape index (κ3) is 3.65. The summed E-state index contributed by atoms with van der Waals surface area (Å²) in [6, 6.07) is 10.8. The number of Topliss-reactive ketones (excluding diaryl/α,β-unsaturated/α-hetero) is 1. The van der Waals surface area contributed by atoms with E-state index < -0.39 is 11.9 Å². The minimum absolute atomic E-state index is 0.0192. The molecular formula is C25H25FN4O3. The van der Waals surface area contributed by atoms with Gasteiger partial charge in [0.2, 0.25) is 5.95 Å². The second-order valence-electron chi connectivity index (χ2n) is 9.20. The SMILES string of the molecule is CCOc1cc(C2C3=C(CC(C)(C)CC3=O)Nc3nc(-c4ccccc4F)nn32)ccc1O. The molecule has 1 atom stereocenters. The Bertz CT molecular complexity index is 1290. The molecule has 2 aliphatic rings. The van der Waals surface area contributed by atoms with Gasteiger partial charge in [0.25, 0.3) is 0 Å². The molecule has 7 nitrogen and oxygen atoms in total. The van der Waals surface area contributed by atoms with E-state index in [1.165, 1.54) is 6.07 Å². The number of aromatic hydroxyl groups is 1. The Kier molecular flexibility index (Phi) is 4.96. The Balaban J connectivity index is 1.70.